The average Bonchev–Trinajstić information content (AvgIpc) is 2.89. The molecule has 1 unspecified atom stereocenters. The van der Waals surface area contributed by atoms with Gasteiger partial charge in [0, 0.05) is 32.7 Å². The second-order valence-corrected chi connectivity index (χ2v) is 6.48. The largest absolute Gasteiger partial charge is 0.271 e. The maximum Gasteiger partial charge on any atom is 0.0686 e. The van der Waals surface area contributed by atoms with E-state index in [1.165, 1.54) is 10.3 Å². The number of halogens is 1. The zero-order chi connectivity index (χ0) is 13.9. The summed E-state index contributed by atoms with van der Waals surface area (Å²) in [4.78, 5) is 5.80. The number of nitrogens with one attached hydrogen (secondary N) is 1. The number of rotatable bonds is 4. The summed E-state index contributed by atoms with van der Waals surface area (Å²) in [6, 6.07) is 12.4. The van der Waals surface area contributed by atoms with E-state index in [1.54, 1.807) is 11.3 Å². The normalized spacial score (nSPS) is 12.7. The molecule has 1 aromatic carbocycles. The molecule has 102 valence electrons. The molecule has 2 aromatic heterocycles. The summed E-state index contributed by atoms with van der Waals surface area (Å²) in [7, 11) is 0. The first-order valence-corrected chi connectivity index (χ1v) is 7.98. The molecule has 3 aromatic rings. The smallest absolute Gasteiger partial charge is 0.0686 e. The van der Waals surface area contributed by atoms with Crippen molar-refractivity contribution in [3.05, 3.63) is 63.0 Å². The number of benzene rings is 1. The van der Waals surface area contributed by atoms with E-state index in [2.05, 4.69) is 49.9 Å². The van der Waals surface area contributed by atoms with Crippen LogP contribution < -0.4 is 11.3 Å². The Morgan fingerprint density at radius 1 is 1.30 bits per heavy atom. The molecule has 1 atom stereocenters. The lowest BCUT2D eigenvalue weighted by Crippen LogP contribution is -2.30. The third-order valence-corrected chi connectivity index (χ3v) is 4.98. The minimum atomic E-state index is 0.00616. The monoisotopic (exact) mass is 347 g/mol. The third-order valence-electron chi connectivity index (χ3n) is 3.26. The number of hydrogen-bond donors (Lipinski definition) is 2. The lowest BCUT2D eigenvalue weighted by Gasteiger charge is -2.16. The Morgan fingerprint density at radius 3 is 2.90 bits per heavy atom. The molecule has 20 heavy (non-hydrogen) atoms. The minimum Gasteiger partial charge on any atom is -0.271 e. The van der Waals surface area contributed by atoms with Gasteiger partial charge in [-0.2, -0.15) is 0 Å². The Bertz CT molecular complexity index is 720. The van der Waals surface area contributed by atoms with Crippen LogP contribution in [-0.4, -0.2) is 4.98 Å². The molecule has 0 spiro atoms. The highest BCUT2D eigenvalue weighted by Gasteiger charge is 2.16. The van der Waals surface area contributed by atoms with Crippen molar-refractivity contribution in [3.8, 4) is 0 Å². The molecule has 0 bridgehead atoms. The van der Waals surface area contributed by atoms with Gasteiger partial charge in [-0.05, 0) is 33.4 Å². The Labute approximate surface area is 129 Å². The molecule has 0 aliphatic heterocycles. The number of nitrogens with two attached hydrogens (primary N) is 1. The van der Waals surface area contributed by atoms with Crippen LogP contribution in [0.5, 0.6) is 0 Å². The number of fused-ring (bicyclic) bond motifs is 1. The van der Waals surface area contributed by atoms with E-state index in [0.717, 1.165) is 22.0 Å². The second kappa shape index (κ2) is 6.01. The molecular weight excluding hydrogens is 334 g/mol. The van der Waals surface area contributed by atoms with Crippen LogP contribution in [0.15, 0.2) is 52.4 Å². The van der Waals surface area contributed by atoms with Crippen molar-refractivity contribution in [3.63, 3.8) is 0 Å². The van der Waals surface area contributed by atoms with E-state index < -0.39 is 0 Å². The second-order valence-electron chi connectivity index (χ2n) is 4.57. The third kappa shape index (κ3) is 2.76. The molecule has 0 fully saturated rings. The van der Waals surface area contributed by atoms with Gasteiger partial charge in [0.25, 0.3) is 0 Å². The lowest BCUT2D eigenvalue weighted by molar-refractivity contribution is 0.546. The summed E-state index contributed by atoms with van der Waals surface area (Å²) >= 11 is 5.21. The maximum absolute atomic E-state index is 5.75. The van der Waals surface area contributed by atoms with Crippen molar-refractivity contribution in [2.24, 2.45) is 5.84 Å². The van der Waals surface area contributed by atoms with Crippen molar-refractivity contribution in [1.29, 1.82) is 0 Å². The predicted octanol–water partition coefficient (Wildman–Crippen LogP) is 3.81. The van der Waals surface area contributed by atoms with Crippen LogP contribution in [0.1, 0.15) is 16.6 Å². The Kier molecular flexibility index (Phi) is 4.12. The molecule has 0 saturated heterocycles. The van der Waals surface area contributed by atoms with Crippen molar-refractivity contribution in [2.75, 3.05) is 0 Å². The first-order valence-electron chi connectivity index (χ1n) is 6.30. The number of nitrogens with zero attached hydrogens (tertiary/aromatic N) is 1. The zero-order valence-electron chi connectivity index (χ0n) is 10.7. The fraction of sp³-hybridized carbons (Fsp3) is 0.133. The highest BCUT2D eigenvalue weighted by atomic mass is 79.9. The van der Waals surface area contributed by atoms with Crippen molar-refractivity contribution >= 4 is 38.0 Å². The lowest BCUT2D eigenvalue weighted by atomic mass is 10.0. The van der Waals surface area contributed by atoms with Crippen LogP contribution in [0.2, 0.25) is 0 Å². The van der Waals surface area contributed by atoms with Crippen LogP contribution >= 0.6 is 27.3 Å². The van der Waals surface area contributed by atoms with Crippen LogP contribution in [0.25, 0.3) is 10.8 Å². The molecule has 3 rings (SSSR count). The van der Waals surface area contributed by atoms with Gasteiger partial charge in [0.15, 0.2) is 0 Å². The molecule has 3 nitrogen and oxygen atoms in total. The molecule has 0 saturated carbocycles. The molecule has 5 heteroatoms. The summed E-state index contributed by atoms with van der Waals surface area (Å²) in [6.45, 7) is 0. The van der Waals surface area contributed by atoms with Gasteiger partial charge in [-0.25, -0.2) is 0 Å². The van der Waals surface area contributed by atoms with E-state index in [4.69, 9.17) is 5.84 Å². The maximum atomic E-state index is 5.75. The number of hydrazine groups is 1. The Hall–Kier alpha value is -1.27. The Morgan fingerprint density at radius 2 is 2.15 bits per heavy atom. The highest BCUT2D eigenvalue weighted by molar-refractivity contribution is 9.10. The molecular formula is C15H14BrN3S. The fourth-order valence-corrected chi connectivity index (χ4v) is 3.82. The summed E-state index contributed by atoms with van der Waals surface area (Å²) in [5.41, 5.74) is 3.89. The van der Waals surface area contributed by atoms with Crippen molar-refractivity contribution < 1.29 is 0 Å². The molecule has 0 aliphatic carbocycles. The van der Waals surface area contributed by atoms with Crippen molar-refractivity contribution in [1.82, 2.24) is 10.4 Å². The topological polar surface area (TPSA) is 50.9 Å². The van der Waals surface area contributed by atoms with Crippen LogP contribution in [-0.2, 0) is 6.42 Å². The van der Waals surface area contributed by atoms with E-state index >= 15 is 0 Å². The predicted molar refractivity (Wildman–Crippen MR) is 87.5 cm³/mol. The van der Waals surface area contributed by atoms with Crippen LogP contribution in [0, 0.1) is 0 Å². The molecule has 3 N–H and O–H groups in total. The van der Waals surface area contributed by atoms with Gasteiger partial charge in [0.05, 0.1) is 11.7 Å². The quantitative estimate of drug-likeness (QED) is 0.557. The molecule has 2 heterocycles. The Balaban J connectivity index is 1.98. The zero-order valence-corrected chi connectivity index (χ0v) is 13.1. The van der Waals surface area contributed by atoms with Gasteiger partial charge in [-0.1, -0.05) is 24.3 Å². The number of thiophene rings is 1. The molecule has 0 amide bonds. The van der Waals surface area contributed by atoms with Gasteiger partial charge < -0.3 is 0 Å². The van der Waals surface area contributed by atoms with Gasteiger partial charge in [-0.15, -0.1) is 11.3 Å². The van der Waals surface area contributed by atoms with Gasteiger partial charge in [-0.3, -0.25) is 16.3 Å². The van der Waals surface area contributed by atoms with Gasteiger partial charge >= 0.3 is 0 Å². The van der Waals surface area contributed by atoms with E-state index in [9.17, 15) is 0 Å². The fourth-order valence-electron chi connectivity index (χ4n) is 2.32. The van der Waals surface area contributed by atoms with E-state index in [-0.39, 0.29) is 6.04 Å². The standard InChI is InChI=1S/C15H14BrN3S/c16-11-7-12(20-9-11)8-14(19-17)15-13-4-2-1-3-10(13)5-6-18-15/h1-7,9,14,19H,8,17H2. The average molecular weight is 348 g/mol. The summed E-state index contributed by atoms with van der Waals surface area (Å²) in [6.07, 6.45) is 2.67. The summed E-state index contributed by atoms with van der Waals surface area (Å²) < 4.78 is 1.11. The first-order chi connectivity index (χ1) is 9.78. The highest BCUT2D eigenvalue weighted by Crippen LogP contribution is 2.27. The van der Waals surface area contributed by atoms with Gasteiger partial charge in [0.2, 0.25) is 0 Å². The number of aromatic nitrogens is 1. The van der Waals surface area contributed by atoms with Crippen LogP contribution in [0.3, 0.4) is 0 Å². The van der Waals surface area contributed by atoms with Gasteiger partial charge in [0.1, 0.15) is 0 Å². The number of hydrogen-bond acceptors (Lipinski definition) is 4. The van der Waals surface area contributed by atoms with Crippen molar-refractivity contribution in [2.45, 2.75) is 12.5 Å². The summed E-state index contributed by atoms with van der Waals surface area (Å²) in [5.74, 6) is 5.75. The molecule has 0 aliphatic rings. The summed E-state index contributed by atoms with van der Waals surface area (Å²) in [5, 5.41) is 4.41. The van der Waals surface area contributed by atoms with Crippen LogP contribution in [0.4, 0.5) is 0 Å². The van der Waals surface area contributed by atoms with E-state index in [1.807, 2.05) is 24.4 Å². The molecule has 0 radical (unpaired) electrons. The SMILES string of the molecule is NNC(Cc1cc(Br)cs1)c1nccc2ccccc12. The van der Waals surface area contributed by atoms with E-state index in [0.29, 0.717) is 0 Å². The number of pyridine rings is 1. The first kappa shape index (κ1) is 13.7. The minimum absolute atomic E-state index is 0.00616.